The molecule has 0 radical (unpaired) electrons. The fraction of sp³-hybridized carbons (Fsp3) is 0.768. The SMILES string of the molecule is CC[C@H]1OC(=O)[C@H](C)[C@@H](OC2C[C@@](C)(OC)[C@@H](OCCOCC=Cc3ccc4c(c3)c(=O)c(C(=O)O)cn4C3CC3)[C@H](C)O2)[C@H](C)[C@@H](O[C@@H]2O[C@H](C)C[C@H](N(C)C)[C@H]2O)[C@](C)(O)C[C@@H](C)CN(C)[C@H](C)[C@H](O)[C@]1(C)O. The van der Waals surface area contributed by atoms with E-state index < -0.39 is 107 Å². The molecule has 1 unspecified atom stereocenters. The van der Waals surface area contributed by atoms with Crippen LogP contribution in [0.15, 0.2) is 35.3 Å². The number of carbonyl (C=O) groups is 2. The van der Waals surface area contributed by atoms with Crippen LogP contribution in [0.4, 0.5) is 0 Å². The molecule has 4 fully saturated rings. The average molecular weight is 1060 g/mol. The minimum absolute atomic E-state index is 0.159. The fourth-order valence-electron chi connectivity index (χ4n) is 11.9. The van der Waals surface area contributed by atoms with Gasteiger partial charge in [0.15, 0.2) is 12.6 Å². The zero-order valence-corrected chi connectivity index (χ0v) is 46.8. The lowest BCUT2D eigenvalue weighted by molar-refractivity contribution is -0.321. The van der Waals surface area contributed by atoms with Crippen molar-refractivity contribution in [1.82, 2.24) is 14.4 Å². The third-order valence-corrected chi connectivity index (χ3v) is 16.4. The molecule has 1 saturated carbocycles. The number of carbonyl (C=O) groups excluding carboxylic acids is 1. The van der Waals surface area contributed by atoms with E-state index in [0.717, 1.165) is 18.4 Å². The number of rotatable bonds is 16. The van der Waals surface area contributed by atoms with Gasteiger partial charge in [-0.3, -0.25) is 9.59 Å². The fourth-order valence-corrected chi connectivity index (χ4v) is 11.9. The molecule has 2 aromatic rings. The van der Waals surface area contributed by atoms with Gasteiger partial charge in [0, 0.05) is 55.7 Å². The summed E-state index contributed by atoms with van der Waals surface area (Å²) in [7, 11) is 7.19. The van der Waals surface area contributed by atoms with Crippen molar-refractivity contribution >= 4 is 28.9 Å². The van der Waals surface area contributed by atoms with Crippen molar-refractivity contribution in [2.45, 2.75) is 204 Å². The van der Waals surface area contributed by atoms with Crippen LogP contribution in [-0.4, -0.2) is 197 Å². The van der Waals surface area contributed by atoms with Crippen LogP contribution < -0.4 is 5.43 Å². The summed E-state index contributed by atoms with van der Waals surface area (Å²) in [6.07, 6.45) is -1.18. The van der Waals surface area contributed by atoms with E-state index >= 15 is 0 Å². The highest BCUT2D eigenvalue weighted by molar-refractivity contribution is 5.93. The smallest absolute Gasteiger partial charge is 0.341 e. The summed E-state index contributed by atoms with van der Waals surface area (Å²) < 4.78 is 53.2. The highest BCUT2D eigenvalue weighted by Gasteiger charge is 2.53. The number of benzene rings is 1. The van der Waals surface area contributed by atoms with Crippen molar-refractivity contribution < 1.29 is 73.0 Å². The zero-order chi connectivity index (χ0) is 55.5. The number of cyclic esters (lactones) is 1. The Kier molecular flexibility index (Phi) is 20.4. The summed E-state index contributed by atoms with van der Waals surface area (Å²) in [5.41, 5.74) is -3.74. The van der Waals surface area contributed by atoms with E-state index in [1.807, 2.05) is 94.4 Å². The molecule has 75 heavy (non-hydrogen) atoms. The number of hydrogen-bond acceptors (Lipinski definition) is 17. The number of ether oxygens (including phenoxy) is 8. The van der Waals surface area contributed by atoms with Gasteiger partial charge in [0.25, 0.3) is 0 Å². The number of carboxylic acid groups (broad SMARTS) is 1. The van der Waals surface area contributed by atoms with Crippen molar-refractivity contribution in [1.29, 1.82) is 0 Å². The lowest BCUT2D eigenvalue weighted by atomic mass is 9.77. The van der Waals surface area contributed by atoms with Crippen molar-refractivity contribution in [2.75, 3.05) is 54.6 Å². The predicted molar refractivity (Wildman–Crippen MR) is 281 cm³/mol. The molecule has 6 rings (SSSR count). The molecule has 4 heterocycles. The number of carboxylic acids is 1. The number of fused-ring (bicyclic) bond motifs is 1. The minimum Gasteiger partial charge on any atom is -0.477 e. The van der Waals surface area contributed by atoms with E-state index in [4.69, 9.17) is 37.9 Å². The first-order chi connectivity index (χ1) is 35.1. The Morgan fingerprint density at radius 1 is 0.960 bits per heavy atom. The maximum absolute atomic E-state index is 14.6. The zero-order valence-electron chi connectivity index (χ0n) is 46.8. The summed E-state index contributed by atoms with van der Waals surface area (Å²) in [5, 5.41) is 58.2. The van der Waals surface area contributed by atoms with Crippen LogP contribution in [0.5, 0.6) is 0 Å². The molecule has 19 heteroatoms. The van der Waals surface area contributed by atoms with Gasteiger partial charge < -0.3 is 77.8 Å². The molecule has 4 aliphatic rings. The third kappa shape index (κ3) is 14.1. The molecule has 1 aromatic heterocycles. The van der Waals surface area contributed by atoms with Gasteiger partial charge in [-0.25, -0.2) is 4.79 Å². The van der Waals surface area contributed by atoms with Gasteiger partial charge in [0.05, 0.1) is 66.9 Å². The number of methoxy groups -OCH3 is 1. The van der Waals surface area contributed by atoms with Gasteiger partial charge in [-0.2, -0.15) is 0 Å². The van der Waals surface area contributed by atoms with Gasteiger partial charge in [-0.15, -0.1) is 0 Å². The Balaban J connectivity index is 1.20. The maximum Gasteiger partial charge on any atom is 0.341 e. The number of esters is 1. The normalized spacial score (nSPS) is 39.1. The lowest BCUT2D eigenvalue weighted by Crippen LogP contribution is -2.61. The Bertz CT molecular complexity index is 2320. The van der Waals surface area contributed by atoms with E-state index in [9.17, 15) is 39.9 Å². The van der Waals surface area contributed by atoms with Crippen molar-refractivity contribution in [3.8, 4) is 0 Å². The second-order valence-corrected chi connectivity index (χ2v) is 23.1. The Morgan fingerprint density at radius 3 is 2.28 bits per heavy atom. The van der Waals surface area contributed by atoms with Crippen LogP contribution in [0.2, 0.25) is 0 Å². The van der Waals surface area contributed by atoms with Crippen LogP contribution in [0.3, 0.4) is 0 Å². The first kappa shape index (κ1) is 60.8. The van der Waals surface area contributed by atoms with Gasteiger partial charge in [0.1, 0.15) is 35.6 Å². The number of likely N-dealkylation sites (N-methyl/N-ethyl adjacent to an activating group) is 2. The molecule has 1 aliphatic carbocycles. The Morgan fingerprint density at radius 2 is 1.65 bits per heavy atom. The molecule has 3 saturated heterocycles. The number of nitrogens with zero attached hydrogens (tertiary/aromatic N) is 3. The Labute approximate surface area is 443 Å². The number of aromatic carboxylic acids is 1. The number of aliphatic hydroxyl groups excluding tert-OH is 2. The summed E-state index contributed by atoms with van der Waals surface area (Å²) in [5.74, 6) is -3.99. The Hall–Kier alpha value is -3.41. The van der Waals surface area contributed by atoms with Crippen LogP contribution in [0.1, 0.15) is 130 Å². The van der Waals surface area contributed by atoms with Gasteiger partial charge in [0.2, 0.25) is 5.43 Å². The average Bonchev–Trinajstić information content (AvgIpc) is 4.19. The largest absolute Gasteiger partial charge is 0.477 e. The van der Waals surface area contributed by atoms with Crippen LogP contribution in [0.25, 0.3) is 17.0 Å². The van der Waals surface area contributed by atoms with Gasteiger partial charge in [-0.05, 0) is 125 Å². The molecule has 5 N–H and O–H groups in total. The highest BCUT2D eigenvalue weighted by atomic mass is 16.7. The van der Waals surface area contributed by atoms with E-state index in [-0.39, 0.29) is 68.8 Å². The topological polar surface area (TPSA) is 238 Å². The second-order valence-electron chi connectivity index (χ2n) is 23.1. The number of aromatic nitrogens is 1. The van der Waals surface area contributed by atoms with E-state index in [1.54, 1.807) is 40.9 Å². The molecule has 424 valence electrons. The quantitative estimate of drug-likeness (QED) is 0.110. The van der Waals surface area contributed by atoms with E-state index in [2.05, 4.69) is 0 Å². The summed E-state index contributed by atoms with van der Waals surface area (Å²) in [4.78, 5) is 43.4. The van der Waals surface area contributed by atoms with Crippen LogP contribution in [-0.2, 0) is 42.7 Å². The minimum atomic E-state index is -1.84. The second kappa shape index (κ2) is 25.1. The van der Waals surface area contributed by atoms with Crippen molar-refractivity contribution in [3.63, 3.8) is 0 Å². The van der Waals surface area contributed by atoms with Crippen LogP contribution >= 0.6 is 0 Å². The lowest BCUT2D eigenvalue weighted by Gasteiger charge is -2.49. The molecule has 19 nitrogen and oxygen atoms in total. The first-order valence-electron chi connectivity index (χ1n) is 27.0. The molecule has 0 bridgehead atoms. The van der Waals surface area contributed by atoms with Crippen molar-refractivity contribution in [2.24, 2.45) is 17.8 Å². The first-order valence-corrected chi connectivity index (χ1v) is 27.0. The summed E-state index contributed by atoms with van der Waals surface area (Å²) in [6.45, 7) is 19.0. The molecular weight excluding hydrogens is 971 g/mol. The van der Waals surface area contributed by atoms with Gasteiger partial charge in [-0.1, -0.05) is 39.0 Å². The monoisotopic (exact) mass is 1060 g/mol. The standard InChI is InChI=1S/C56H89N3O16/c1-15-43-56(10,67)48(62)35(6)58(13)29-31(2)27-54(8,66)49(75-53-46(61)42(57(11)12)25-32(3)71-53)33(4)47(34(5)52(65)73-43)74-44-28-55(9,68-14)50(36(7)72-44)70-24-23-69-22-16-17-37-18-21-41-39(26-37)45(60)40(51(63)64)30-59(41)38-19-20-38/h16-18,21,26,30-36,38,42-44,46-50,53,61-62,66-67H,15,19-20,22-25,27-29H2,1-14H3,(H,63,64)/t31-,32-,33+,34-,35-,36+,42+,43-,44?,46-,47+,48+,49-,50+,53+,54-,55-,56-/m1/s1. The van der Waals surface area contributed by atoms with E-state index in [1.165, 1.54) is 13.1 Å². The number of hydrogen-bond donors (Lipinski definition) is 5. The molecule has 3 aliphatic heterocycles. The number of pyridine rings is 1. The summed E-state index contributed by atoms with van der Waals surface area (Å²) in [6, 6.07) is 4.76. The van der Waals surface area contributed by atoms with Crippen molar-refractivity contribution in [3.05, 3.63) is 51.8 Å². The molecule has 0 spiro atoms. The van der Waals surface area contributed by atoms with Gasteiger partial charge >= 0.3 is 11.9 Å². The number of aliphatic hydroxyl groups is 4. The highest BCUT2D eigenvalue weighted by Crippen LogP contribution is 2.41. The third-order valence-electron chi connectivity index (χ3n) is 16.4. The predicted octanol–water partition coefficient (Wildman–Crippen LogP) is 5.00. The molecular formula is C56H89N3O16. The summed E-state index contributed by atoms with van der Waals surface area (Å²) >= 11 is 0. The molecule has 1 aromatic carbocycles. The maximum atomic E-state index is 14.6. The van der Waals surface area contributed by atoms with Crippen LogP contribution in [0, 0.1) is 17.8 Å². The van der Waals surface area contributed by atoms with E-state index in [0.29, 0.717) is 23.9 Å². The molecule has 18 atom stereocenters. The molecule has 0 amide bonds.